The molecule has 0 aromatic heterocycles. The Morgan fingerprint density at radius 1 is 1.44 bits per heavy atom. The van der Waals surface area contributed by atoms with Crippen LogP contribution in [0.4, 0.5) is 0 Å². The smallest absolute Gasteiger partial charge is 0.167 e. The summed E-state index contributed by atoms with van der Waals surface area (Å²) >= 11 is 0. The van der Waals surface area contributed by atoms with Crippen LogP contribution in [0.1, 0.15) is 19.3 Å². The minimum Gasteiger partial charge on any atom is -0.396 e. The van der Waals surface area contributed by atoms with Crippen LogP contribution in [0.5, 0.6) is 0 Å². The van der Waals surface area contributed by atoms with Gasteiger partial charge in [-0.3, -0.25) is 0 Å². The zero-order valence-corrected chi connectivity index (χ0v) is 5.25. The first-order valence-corrected chi connectivity index (χ1v) is 3.22. The van der Waals surface area contributed by atoms with Gasteiger partial charge in [-0.1, -0.05) is 0 Å². The molecule has 0 spiro atoms. The highest BCUT2D eigenvalue weighted by Gasteiger charge is 2.38. The van der Waals surface area contributed by atoms with Crippen molar-refractivity contribution in [2.45, 2.75) is 25.0 Å². The summed E-state index contributed by atoms with van der Waals surface area (Å²) in [6.45, 7) is -0.118. The molecule has 0 aromatic rings. The second kappa shape index (κ2) is 2.25. The van der Waals surface area contributed by atoms with E-state index < -0.39 is 5.79 Å². The molecular formula is C6H12O3. The molecule has 0 radical (unpaired) electrons. The van der Waals surface area contributed by atoms with E-state index in [0.717, 1.165) is 12.8 Å². The number of hydrogen-bond donors (Lipinski definition) is 3. The molecule has 0 amide bonds. The van der Waals surface area contributed by atoms with Gasteiger partial charge < -0.3 is 15.3 Å². The lowest BCUT2D eigenvalue weighted by molar-refractivity contribution is -0.191. The van der Waals surface area contributed by atoms with Crippen molar-refractivity contribution in [1.29, 1.82) is 0 Å². The quantitative estimate of drug-likeness (QED) is 0.420. The molecule has 1 fully saturated rings. The van der Waals surface area contributed by atoms with Gasteiger partial charge in [0.15, 0.2) is 5.79 Å². The highest BCUT2D eigenvalue weighted by atomic mass is 16.5. The van der Waals surface area contributed by atoms with Crippen LogP contribution in [0.2, 0.25) is 0 Å². The summed E-state index contributed by atoms with van der Waals surface area (Å²) in [7, 11) is 0. The van der Waals surface area contributed by atoms with Gasteiger partial charge in [0.25, 0.3) is 0 Å². The van der Waals surface area contributed by atoms with Gasteiger partial charge in [0.2, 0.25) is 0 Å². The summed E-state index contributed by atoms with van der Waals surface area (Å²) in [4.78, 5) is 0. The zero-order chi connectivity index (χ0) is 6.91. The summed E-state index contributed by atoms with van der Waals surface area (Å²) in [5, 5.41) is 26.7. The summed E-state index contributed by atoms with van der Waals surface area (Å²) < 4.78 is 0. The van der Waals surface area contributed by atoms with E-state index in [1.54, 1.807) is 0 Å². The second-order valence-electron chi connectivity index (χ2n) is 2.65. The minimum absolute atomic E-state index is 0.118. The van der Waals surface area contributed by atoms with E-state index >= 15 is 0 Å². The average molecular weight is 132 g/mol. The maximum atomic E-state index is 9.05. The van der Waals surface area contributed by atoms with E-state index in [9.17, 15) is 0 Å². The Hall–Kier alpha value is -0.120. The molecule has 1 aliphatic rings. The van der Waals surface area contributed by atoms with E-state index in [4.69, 9.17) is 15.3 Å². The number of aliphatic hydroxyl groups excluding tert-OH is 1. The normalized spacial score (nSPS) is 33.0. The molecule has 54 valence electrons. The lowest BCUT2D eigenvalue weighted by atomic mass is 10.0. The molecule has 3 nitrogen and oxygen atoms in total. The molecule has 0 heterocycles. The van der Waals surface area contributed by atoms with E-state index in [1.165, 1.54) is 0 Å². The Bertz CT molecular complexity index is 100. The summed E-state index contributed by atoms with van der Waals surface area (Å²) in [5.41, 5.74) is 0. The van der Waals surface area contributed by atoms with Gasteiger partial charge in [0.05, 0.1) is 6.61 Å². The largest absolute Gasteiger partial charge is 0.396 e. The standard InChI is InChI=1S/C6H12O3/c7-4-5-2-1-3-6(5,8)9/h5,7-9H,1-4H2. The van der Waals surface area contributed by atoms with Gasteiger partial charge in [-0.05, 0) is 12.8 Å². The van der Waals surface area contributed by atoms with Gasteiger partial charge in [0, 0.05) is 12.3 Å². The predicted molar refractivity (Wildman–Crippen MR) is 31.6 cm³/mol. The van der Waals surface area contributed by atoms with Crippen LogP contribution < -0.4 is 0 Å². The molecule has 1 aliphatic carbocycles. The maximum absolute atomic E-state index is 9.05. The predicted octanol–water partition coefficient (Wildman–Crippen LogP) is -0.540. The monoisotopic (exact) mass is 132 g/mol. The molecule has 3 N–H and O–H groups in total. The van der Waals surface area contributed by atoms with E-state index in [0.29, 0.717) is 6.42 Å². The molecule has 3 heteroatoms. The third-order valence-corrected chi connectivity index (χ3v) is 1.97. The first-order chi connectivity index (χ1) is 4.17. The lowest BCUT2D eigenvalue weighted by Crippen LogP contribution is -2.34. The Morgan fingerprint density at radius 2 is 2.11 bits per heavy atom. The van der Waals surface area contributed by atoms with Crippen molar-refractivity contribution in [3.05, 3.63) is 0 Å². The Labute approximate surface area is 53.9 Å². The fourth-order valence-corrected chi connectivity index (χ4v) is 1.28. The first kappa shape index (κ1) is 6.99. The number of aliphatic hydroxyl groups is 3. The maximum Gasteiger partial charge on any atom is 0.167 e. The Kier molecular flexibility index (Phi) is 1.75. The summed E-state index contributed by atoms with van der Waals surface area (Å²) in [6.07, 6.45) is 1.93. The molecule has 0 saturated heterocycles. The van der Waals surface area contributed by atoms with Crippen molar-refractivity contribution in [3.63, 3.8) is 0 Å². The van der Waals surface area contributed by atoms with Crippen LogP contribution in [0.15, 0.2) is 0 Å². The highest BCUT2D eigenvalue weighted by molar-refractivity contribution is 4.81. The highest BCUT2D eigenvalue weighted by Crippen LogP contribution is 2.32. The number of hydrogen-bond acceptors (Lipinski definition) is 3. The van der Waals surface area contributed by atoms with E-state index in [1.807, 2.05) is 0 Å². The van der Waals surface area contributed by atoms with Crippen LogP contribution in [0, 0.1) is 5.92 Å². The molecule has 0 aromatic carbocycles. The summed E-state index contributed by atoms with van der Waals surface area (Å²) in [6, 6.07) is 0. The SMILES string of the molecule is OCC1CCCC1(O)O. The first-order valence-electron chi connectivity index (χ1n) is 3.22. The zero-order valence-electron chi connectivity index (χ0n) is 5.25. The molecule has 1 rings (SSSR count). The molecule has 1 atom stereocenters. The van der Waals surface area contributed by atoms with Gasteiger partial charge in [0.1, 0.15) is 0 Å². The van der Waals surface area contributed by atoms with Gasteiger partial charge >= 0.3 is 0 Å². The third kappa shape index (κ3) is 1.23. The van der Waals surface area contributed by atoms with Crippen molar-refractivity contribution in [2.24, 2.45) is 5.92 Å². The van der Waals surface area contributed by atoms with E-state index in [-0.39, 0.29) is 12.5 Å². The Morgan fingerprint density at radius 3 is 2.33 bits per heavy atom. The molecule has 1 unspecified atom stereocenters. The topological polar surface area (TPSA) is 60.7 Å². The van der Waals surface area contributed by atoms with Crippen LogP contribution in [-0.2, 0) is 0 Å². The van der Waals surface area contributed by atoms with Crippen molar-refractivity contribution >= 4 is 0 Å². The minimum atomic E-state index is -1.59. The molecular weight excluding hydrogens is 120 g/mol. The van der Waals surface area contributed by atoms with Crippen LogP contribution >= 0.6 is 0 Å². The average Bonchev–Trinajstić information content (AvgIpc) is 2.08. The van der Waals surface area contributed by atoms with Crippen LogP contribution in [0.3, 0.4) is 0 Å². The molecule has 0 bridgehead atoms. The summed E-state index contributed by atoms with van der Waals surface area (Å²) in [5.74, 6) is -1.91. The van der Waals surface area contributed by atoms with Crippen molar-refractivity contribution in [2.75, 3.05) is 6.61 Å². The molecule has 1 saturated carbocycles. The van der Waals surface area contributed by atoms with Gasteiger partial charge in [-0.2, -0.15) is 0 Å². The molecule has 0 aliphatic heterocycles. The van der Waals surface area contributed by atoms with Crippen molar-refractivity contribution < 1.29 is 15.3 Å². The van der Waals surface area contributed by atoms with Crippen molar-refractivity contribution in [1.82, 2.24) is 0 Å². The number of rotatable bonds is 1. The van der Waals surface area contributed by atoms with Crippen LogP contribution in [0.25, 0.3) is 0 Å². The fraction of sp³-hybridized carbons (Fsp3) is 1.00. The Balaban J connectivity index is 2.52. The lowest BCUT2D eigenvalue weighted by Gasteiger charge is -2.21. The second-order valence-corrected chi connectivity index (χ2v) is 2.65. The third-order valence-electron chi connectivity index (χ3n) is 1.97. The fourth-order valence-electron chi connectivity index (χ4n) is 1.28. The van der Waals surface area contributed by atoms with Crippen molar-refractivity contribution in [3.8, 4) is 0 Å². The van der Waals surface area contributed by atoms with Gasteiger partial charge in [-0.25, -0.2) is 0 Å². The van der Waals surface area contributed by atoms with Crippen LogP contribution in [-0.4, -0.2) is 27.7 Å². The van der Waals surface area contributed by atoms with E-state index in [2.05, 4.69) is 0 Å². The molecule has 9 heavy (non-hydrogen) atoms. The van der Waals surface area contributed by atoms with Gasteiger partial charge in [-0.15, -0.1) is 0 Å².